The second-order valence-electron chi connectivity index (χ2n) is 6.61. The third-order valence-corrected chi connectivity index (χ3v) is 5.47. The molecule has 100 valence electrons. The number of aliphatic hydroxyl groups is 1. The molecule has 6 atom stereocenters. The topological polar surface area (TPSA) is 46.5 Å². The van der Waals surface area contributed by atoms with Crippen LogP contribution in [0.5, 0.6) is 0 Å². The average Bonchev–Trinajstić information content (AvgIpc) is 2.65. The largest absolute Gasteiger partial charge is 0.458 e. The molecule has 1 saturated heterocycles. The predicted octanol–water partition coefficient (Wildman–Crippen LogP) is 2.29. The van der Waals surface area contributed by atoms with Crippen LogP contribution < -0.4 is 0 Å². The molecule has 0 amide bonds. The first-order valence-electron chi connectivity index (χ1n) is 7.01. The van der Waals surface area contributed by atoms with E-state index in [0.29, 0.717) is 5.92 Å². The van der Waals surface area contributed by atoms with E-state index in [1.807, 2.05) is 13.8 Å². The van der Waals surface area contributed by atoms with Gasteiger partial charge in [0.2, 0.25) is 0 Å². The van der Waals surface area contributed by atoms with Gasteiger partial charge >= 0.3 is 5.97 Å². The zero-order chi connectivity index (χ0) is 13.1. The van der Waals surface area contributed by atoms with E-state index in [-0.39, 0.29) is 29.8 Å². The number of hydrogen-bond acceptors (Lipinski definition) is 3. The maximum absolute atomic E-state index is 11.7. The Morgan fingerprint density at radius 3 is 2.94 bits per heavy atom. The number of rotatable bonds is 0. The Kier molecular flexibility index (Phi) is 2.60. The fourth-order valence-electron chi connectivity index (χ4n) is 4.19. The van der Waals surface area contributed by atoms with E-state index in [0.717, 1.165) is 19.3 Å². The minimum atomic E-state index is -0.583. The Bertz CT molecular complexity index is 410. The molecule has 2 fully saturated rings. The summed E-state index contributed by atoms with van der Waals surface area (Å²) in [5, 5.41) is 10.6. The fourth-order valence-corrected chi connectivity index (χ4v) is 4.19. The highest BCUT2D eigenvalue weighted by Gasteiger charge is 2.51. The zero-order valence-corrected chi connectivity index (χ0v) is 11.3. The molecule has 1 heterocycles. The highest BCUT2D eigenvalue weighted by atomic mass is 16.6. The van der Waals surface area contributed by atoms with Gasteiger partial charge in [0, 0.05) is 5.92 Å². The molecule has 3 aliphatic rings. The maximum Gasteiger partial charge on any atom is 0.309 e. The van der Waals surface area contributed by atoms with Gasteiger partial charge in [0.1, 0.15) is 6.10 Å². The molecule has 0 aromatic carbocycles. The van der Waals surface area contributed by atoms with Crippen LogP contribution in [0.15, 0.2) is 11.6 Å². The Balaban J connectivity index is 1.96. The first-order chi connectivity index (χ1) is 8.40. The minimum absolute atomic E-state index is 0.0331. The Morgan fingerprint density at radius 2 is 2.22 bits per heavy atom. The molecule has 3 heteroatoms. The highest BCUT2D eigenvalue weighted by Crippen LogP contribution is 2.51. The molecule has 0 unspecified atom stereocenters. The molecule has 18 heavy (non-hydrogen) atoms. The van der Waals surface area contributed by atoms with Gasteiger partial charge in [0.15, 0.2) is 0 Å². The molecule has 3 rings (SSSR count). The van der Waals surface area contributed by atoms with Crippen LogP contribution in [0.1, 0.15) is 40.0 Å². The van der Waals surface area contributed by atoms with Crippen molar-refractivity contribution < 1.29 is 14.6 Å². The van der Waals surface area contributed by atoms with Crippen LogP contribution in [0.2, 0.25) is 0 Å². The summed E-state index contributed by atoms with van der Waals surface area (Å²) in [5.41, 5.74) is 0.715. The van der Waals surface area contributed by atoms with E-state index in [2.05, 4.69) is 13.0 Å². The van der Waals surface area contributed by atoms with Gasteiger partial charge < -0.3 is 9.84 Å². The van der Waals surface area contributed by atoms with Gasteiger partial charge in [-0.3, -0.25) is 4.79 Å². The lowest BCUT2D eigenvalue weighted by Crippen LogP contribution is -2.34. The summed E-state index contributed by atoms with van der Waals surface area (Å²) in [6.45, 7) is 6.03. The third kappa shape index (κ3) is 1.63. The molecule has 1 aliphatic heterocycles. The number of fused-ring (bicyclic) bond motifs is 2. The lowest BCUT2D eigenvalue weighted by molar-refractivity contribution is -0.142. The van der Waals surface area contributed by atoms with Crippen LogP contribution in [0.25, 0.3) is 0 Å². The van der Waals surface area contributed by atoms with Crippen LogP contribution in [-0.4, -0.2) is 22.8 Å². The highest BCUT2D eigenvalue weighted by molar-refractivity contribution is 5.75. The van der Waals surface area contributed by atoms with E-state index in [9.17, 15) is 9.90 Å². The zero-order valence-electron chi connectivity index (χ0n) is 11.3. The lowest BCUT2D eigenvalue weighted by atomic mass is 9.77. The van der Waals surface area contributed by atoms with Gasteiger partial charge in [-0.15, -0.1) is 0 Å². The number of hydrogen-bond donors (Lipinski definition) is 1. The van der Waals surface area contributed by atoms with Crippen molar-refractivity contribution in [2.75, 3.05) is 0 Å². The van der Waals surface area contributed by atoms with Gasteiger partial charge in [-0.1, -0.05) is 12.5 Å². The van der Waals surface area contributed by atoms with Crippen LogP contribution in [0.4, 0.5) is 0 Å². The second kappa shape index (κ2) is 3.83. The van der Waals surface area contributed by atoms with Crippen molar-refractivity contribution >= 4 is 5.97 Å². The van der Waals surface area contributed by atoms with Crippen molar-refractivity contribution in [1.82, 2.24) is 0 Å². The van der Waals surface area contributed by atoms with E-state index in [4.69, 9.17) is 4.74 Å². The Hall–Kier alpha value is -0.830. The third-order valence-electron chi connectivity index (χ3n) is 5.47. The normalized spacial score (nSPS) is 51.2. The molecule has 0 aromatic rings. The summed E-state index contributed by atoms with van der Waals surface area (Å²) in [5.74, 6) is 0.878. The number of allylic oxidation sites excluding steroid dienone is 1. The minimum Gasteiger partial charge on any atom is -0.458 e. The van der Waals surface area contributed by atoms with Gasteiger partial charge in [-0.25, -0.2) is 0 Å². The summed E-state index contributed by atoms with van der Waals surface area (Å²) in [6.07, 6.45) is 4.91. The maximum atomic E-state index is 11.7. The lowest BCUT2D eigenvalue weighted by Gasteiger charge is -2.31. The Morgan fingerprint density at radius 1 is 1.50 bits per heavy atom. The van der Waals surface area contributed by atoms with Crippen molar-refractivity contribution in [3.05, 3.63) is 11.6 Å². The molecule has 0 aromatic heterocycles. The van der Waals surface area contributed by atoms with Crippen molar-refractivity contribution in [2.24, 2.45) is 23.7 Å². The monoisotopic (exact) mass is 250 g/mol. The van der Waals surface area contributed by atoms with Crippen LogP contribution in [0, 0.1) is 23.7 Å². The molecule has 0 radical (unpaired) electrons. The van der Waals surface area contributed by atoms with Gasteiger partial charge in [-0.2, -0.15) is 0 Å². The van der Waals surface area contributed by atoms with E-state index in [1.165, 1.54) is 5.57 Å². The molecule has 0 bridgehead atoms. The smallest absolute Gasteiger partial charge is 0.309 e. The van der Waals surface area contributed by atoms with Crippen LogP contribution in [-0.2, 0) is 9.53 Å². The summed E-state index contributed by atoms with van der Waals surface area (Å²) in [6, 6.07) is 0. The number of carbonyl (C=O) groups excluding carboxylic acids is 1. The fraction of sp³-hybridized carbons (Fsp3) is 0.800. The van der Waals surface area contributed by atoms with E-state index < -0.39 is 5.60 Å². The molecule has 1 saturated carbocycles. The molecule has 2 aliphatic carbocycles. The summed E-state index contributed by atoms with van der Waals surface area (Å²) in [7, 11) is 0. The average molecular weight is 250 g/mol. The first kappa shape index (κ1) is 12.2. The molecule has 1 N–H and O–H groups in total. The molecule has 0 spiro atoms. The summed E-state index contributed by atoms with van der Waals surface area (Å²) < 4.78 is 5.46. The molecule has 3 nitrogen and oxygen atoms in total. The van der Waals surface area contributed by atoms with Crippen molar-refractivity contribution in [3.63, 3.8) is 0 Å². The second-order valence-corrected chi connectivity index (χ2v) is 6.61. The molecular weight excluding hydrogens is 228 g/mol. The number of ether oxygens (including phenoxy) is 1. The van der Waals surface area contributed by atoms with Crippen LogP contribution >= 0.6 is 0 Å². The quantitative estimate of drug-likeness (QED) is 0.530. The standard InChI is InChI=1S/C15H22O3/c1-8-6-13-11(9(2)14(16)18-13)7-12-10(8)4-5-15(12,3)17/h6,9-13,17H,4-5,7H2,1-3H3/t9-,10+,11+,12+,13-,15+/m0/s1. The predicted molar refractivity (Wildman–Crippen MR) is 67.7 cm³/mol. The first-order valence-corrected chi connectivity index (χ1v) is 7.01. The summed E-state index contributed by atoms with van der Waals surface area (Å²) >= 11 is 0. The number of carbonyl (C=O) groups is 1. The van der Waals surface area contributed by atoms with Gasteiger partial charge in [0.25, 0.3) is 0 Å². The summed E-state index contributed by atoms with van der Waals surface area (Å²) in [4.78, 5) is 11.7. The number of esters is 1. The molecular formula is C15H22O3. The van der Waals surface area contributed by atoms with Crippen molar-refractivity contribution in [1.29, 1.82) is 0 Å². The van der Waals surface area contributed by atoms with Crippen molar-refractivity contribution in [3.8, 4) is 0 Å². The van der Waals surface area contributed by atoms with Gasteiger partial charge in [0.05, 0.1) is 11.5 Å². The van der Waals surface area contributed by atoms with E-state index in [1.54, 1.807) is 0 Å². The van der Waals surface area contributed by atoms with Crippen molar-refractivity contribution in [2.45, 2.75) is 51.7 Å². The van der Waals surface area contributed by atoms with Gasteiger partial charge in [-0.05, 0) is 51.0 Å². The van der Waals surface area contributed by atoms with Crippen LogP contribution in [0.3, 0.4) is 0 Å². The Labute approximate surface area is 108 Å². The SMILES string of the molecule is CC1=C[C@@H]2OC(=O)[C@@H](C)[C@H]2C[C@@H]2[C@@H]1CC[C@@]2(C)O. The van der Waals surface area contributed by atoms with E-state index >= 15 is 0 Å².